The fourth-order valence-corrected chi connectivity index (χ4v) is 2.60. The first kappa shape index (κ1) is 8.24. The molecule has 1 aliphatic carbocycles. The zero-order valence-corrected chi connectivity index (χ0v) is 7.75. The van der Waals surface area contributed by atoms with Gasteiger partial charge >= 0.3 is 0 Å². The minimum atomic E-state index is 0.501. The summed E-state index contributed by atoms with van der Waals surface area (Å²) in [5, 5.41) is 0. The van der Waals surface area contributed by atoms with E-state index in [4.69, 9.17) is 0 Å². The van der Waals surface area contributed by atoms with E-state index in [1.807, 2.05) is 0 Å². The van der Waals surface area contributed by atoms with Crippen molar-refractivity contribution < 1.29 is 4.79 Å². The lowest BCUT2D eigenvalue weighted by molar-refractivity contribution is -0.123. The molecule has 2 fully saturated rings. The first-order chi connectivity index (χ1) is 5.75. The Labute approximate surface area is 73.9 Å². The average molecular weight is 167 g/mol. The van der Waals surface area contributed by atoms with Gasteiger partial charge in [-0.05, 0) is 38.3 Å². The fraction of sp³-hybridized carbons (Fsp3) is 0.900. The van der Waals surface area contributed by atoms with Crippen LogP contribution in [0.5, 0.6) is 0 Å². The van der Waals surface area contributed by atoms with Gasteiger partial charge < -0.3 is 4.90 Å². The third-order valence-electron chi connectivity index (χ3n) is 3.38. The minimum Gasteiger partial charge on any atom is -0.306 e. The molecule has 0 aromatic heterocycles. The number of piperidine rings is 1. The van der Waals surface area contributed by atoms with E-state index in [9.17, 15) is 4.79 Å². The molecular formula is C10H17NO. The van der Waals surface area contributed by atoms with Crippen molar-refractivity contribution in [2.24, 2.45) is 11.8 Å². The smallest absolute Gasteiger partial charge is 0.133 e. The van der Waals surface area contributed by atoms with E-state index in [2.05, 4.69) is 11.9 Å². The summed E-state index contributed by atoms with van der Waals surface area (Å²) in [7, 11) is 2.19. The van der Waals surface area contributed by atoms with Gasteiger partial charge in [0.2, 0.25) is 0 Å². The summed E-state index contributed by atoms with van der Waals surface area (Å²) in [6, 6.07) is 0. The second kappa shape index (κ2) is 3.17. The van der Waals surface area contributed by atoms with Crippen LogP contribution in [0.15, 0.2) is 0 Å². The van der Waals surface area contributed by atoms with Crippen molar-refractivity contribution in [1.82, 2.24) is 4.90 Å². The van der Waals surface area contributed by atoms with Crippen molar-refractivity contribution >= 4 is 5.78 Å². The number of hydrogen-bond acceptors (Lipinski definition) is 2. The lowest BCUT2D eigenvalue weighted by Gasteiger charge is -2.39. The molecule has 12 heavy (non-hydrogen) atoms. The Bertz CT molecular complexity index is 190. The summed E-state index contributed by atoms with van der Waals surface area (Å²) in [4.78, 5) is 13.6. The lowest BCUT2D eigenvalue weighted by atomic mass is 9.75. The maximum absolute atomic E-state index is 11.2. The molecule has 0 amide bonds. The van der Waals surface area contributed by atoms with Crippen molar-refractivity contribution in [3.05, 3.63) is 0 Å². The molecule has 68 valence electrons. The van der Waals surface area contributed by atoms with Crippen LogP contribution in [0.3, 0.4) is 0 Å². The summed E-state index contributed by atoms with van der Waals surface area (Å²) in [6.45, 7) is 2.41. The molecule has 0 spiro atoms. The van der Waals surface area contributed by atoms with Gasteiger partial charge in [-0.25, -0.2) is 0 Å². The highest BCUT2D eigenvalue weighted by Gasteiger charge is 2.32. The van der Waals surface area contributed by atoms with E-state index < -0.39 is 0 Å². The molecule has 0 aromatic rings. The SMILES string of the molecule is CN1CC[C@H]2CC(=O)CC[C@H]2C1. The third-order valence-corrected chi connectivity index (χ3v) is 3.38. The van der Waals surface area contributed by atoms with Gasteiger partial charge in [-0.3, -0.25) is 4.79 Å². The molecule has 2 atom stereocenters. The number of fused-ring (bicyclic) bond motifs is 1. The van der Waals surface area contributed by atoms with E-state index in [1.165, 1.54) is 19.5 Å². The first-order valence-electron chi connectivity index (χ1n) is 4.96. The number of nitrogens with zero attached hydrogens (tertiary/aromatic N) is 1. The van der Waals surface area contributed by atoms with Crippen LogP contribution in [0.1, 0.15) is 25.7 Å². The van der Waals surface area contributed by atoms with Gasteiger partial charge in [-0.2, -0.15) is 0 Å². The summed E-state index contributed by atoms with van der Waals surface area (Å²) in [5.74, 6) is 2.05. The molecule has 1 saturated heterocycles. The number of Topliss-reactive ketones (excluding diaryl/α,β-unsaturated/α-hetero) is 1. The van der Waals surface area contributed by atoms with Gasteiger partial charge in [0, 0.05) is 19.4 Å². The van der Waals surface area contributed by atoms with E-state index in [0.29, 0.717) is 5.78 Å². The largest absolute Gasteiger partial charge is 0.306 e. The molecule has 2 aliphatic rings. The van der Waals surface area contributed by atoms with Crippen molar-refractivity contribution in [3.63, 3.8) is 0 Å². The topological polar surface area (TPSA) is 20.3 Å². The van der Waals surface area contributed by atoms with Crippen LogP contribution in [0.4, 0.5) is 0 Å². The van der Waals surface area contributed by atoms with Crippen molar-refractivity contribution in [3.8, 4) is 0 Å². The quantitative estimate of drug-likeness (QED) is 0.542. The summed E-state index contributed by atoms with van der Waals surface area (Å²) < 4.78 is 0. The Morgan fingerprint density at radius 2 is 2.17 bits per heavy atom. The second-order valence-electron chi connectivity index (χ2n) is 4.35. The number of carbonyl (C=O) groups excluding carboxylic acids is 1. The molecule has 2 nitrogen and oxygen atoms in total. The molecule has 0 radical (unpaired) electrons. The van der Waals surface area contributed by atoms with E-state index in [-0.39, 0.29) is 0 Å². The van der Waals surface area contributed by atoms with Crippen LogP contribution in [0.25, 0.3) is 0 Å². The molecule has 1 aliphatic heterocycles. The third kappa shape index (κ3) is 1.53. The normalized spacial score (nSPS) is 37.9. The number of hydrogen-bond donors (Lipinski definition) is 0. The zero-order valence-electron chi connectivity index (χ0n) is 7.75. The van der Waals surface area contributed by atoms with Crippen LogP contribution in [0, 0.1) is 11.8 Å². The Kier molecular flexibility index (Phi) is 2.18. The van der Waals surface area contributed by atoms with Crippen LogP contribution in [0.2, 0.25) is 0 Å². The molecule has 1 saturated carbocycles. The van der Waals surface area contributed by atoms with Gasteiger partial charge in [-0.15, -0.1) is 0 Å². The highest BCUT2D eigenvalue weighted by molar-refractivity contribution is 5.79. The van der Waals surface area contributed by atoms with E-state index >= 15 is 0 Å². The molecule has 2 heteroatoms. The Balaban J connectivity index is 1.98. The lowest BCUT2D eigenvalue weighted by Crippen LogP contribution is -2.41. The van der Waals surface area contributed by atoms with Gasteiger partial charge in [0.25, 0.3) is 0 Å². The summed E-state index contributed by atoms with van der Waals surface area (Å²) >= 11 is 0. The summed E-state index contributed by atoms with van der Waals surface area (Å²) in [5.41, 5.74) is 0. The van der Waals surface area contributed by atoms with Crippen LogP contribution in [-0.2, 0) is 4.79 Å². The number of carbonyl (C=O) groups is 1. The first-order valence-corrected chi connectivity index (χ1v) is 4.96. The maximum atomic E-state index is 11.2. The van der Waals surface area contributed by atoms with Crippen LogP contribution in [-0.4, -0.2) is 30.8 Å². The predicted molar refractivity (Wildman–Crippen MR) is 48.0 cm³/mol. The molecule has 1 heterocycles. The number of likely N-dealkylation sites (tertiary alicyclic amines) is 1. The molecule has 0 N–H and O–H groups in total. The molecule has 0 bridgehead atoms. The predicted octanol–water partition coefficient (Wildman–Crippen LogP) is 1.31. The van der Waals surface area contributed by atoms with Crippen molar-refractivity contribution in [2.75, 3.05) is 20.1 Å². The van der Waals surface area contributed by atoms with E-state index in [0.717, 1.165) is 31.1 Å². The van der Waals surface area contributed by atoms with Gasteiger partial charge in [-0.1, -0.05) is 0 Å². The van der Waals surface area contributed by atoms with Gasteiger partial charge in [0.15, 0.2) is 0 Å². The average Bonchev–Trinajstić information content (AvgIpc) is 2.05. The zero-order chi connectivity index (χ0) is 8.55. The van der Waals surface area contributed by atoms with Crippen molar-refractivity contribution in [2.45, 2.75) is 25.7 Å². The van der Waals surface area contributed by atoms with Crippen LogP contribution < -0.4 is 0 Å². The van der Waals surface area contributed by atoms with Crippen LogP contribution >= 0.6 is 0 Å². The monoisotopic (exact) mass is 167 g/mol. The minimum absolute atomic E-state index is 0.501. The highest BCUT2D eigenvalue weighted by Crippen LogP contribution is 2.33. The number of rotatable bonds is 0. The van der Waals surface area contributed by atoms with Gasteiger partial charge in [0.05, 0.1) is 0 Å². The maximum Gasteiger partial charge on any atom is 0.133 e. The fourth-order valence-electron chi connectivity index (χ4n) is 2.60. The Hall–Kier alpha value is -0.370. The number of ketones is 1. The molecule has 0 unspecified atom stereocenters. The molecule has 2 rings (SSSR count). The van der Waals surface area contributed by atoms with Gasteiger partial charge in [0.1, 0.15) is 5.78 Å². The molecule has 0 aromatic carbocycles. The summed E-state index contributed by atoms with van der Waals surface area (Å²) in [6.07, 6.45) is 4.11. The van der Waals surface area contributed by atoms with E-state index in [1.54, 1.807) is 0 Å². The molecular weight excluding hydrogens is 150 g/mol. The Morgan fingerprint density at radius 3 is 3.00 bits per heavy atom. The standard InChI is InChI=1S/C10H17NO/c1-11-5-4-8-6-10(12)3-2-9(8)7-11/h8-9H,2-7H2,1H3/t8-,9-/m0/s1. The second-order valence-corrected chi connectivity index (χ2v) is 4.35. The Morgan fingerprint density at radius 1 is 1.33 bits per heavy atom. The highest BCUT2D eigenvalue weighted by atomic mass is 16.1. The van der Waals surface area contributed by atoms with Crippen molar-refractivity contribution in [1.29, 1.82) is 0 Å².